The molecule has 0 spiro atoms. The number of hydrogen-bond acceptors (Lipinski definition) is 6. The van der Waals surface area contributed by atoms with Crippen LogP contribution in [0.2, 0.25) is 5.15 Å². The van der Waals surface area contributed by atoms with Gasteiger partial charge in [-0.25, -0.2) is 9.78 Å². The Morgan fingerprint density at radius 1 is 1.16 bits per heavy atom. The first-order valence-electron chi connectivity index (χ1n) is 9.56. The number of pyridine rings is 1. The largest absolute Gasteiger partial charge is 0.497 e. The molecule has 2 aliphatic rings. The zero-order chi connectivity index (χ0) is 21.8. The SMILES string of the molecule is COc1ccc2cc(CN3C(=O)NC(C)(c4ccc5c(c4)OCO5)C3=O)c(Cl)nc2c1. The summed E-state index contributed by atoms with van der Waals surface area (Å²) >= 11 is 6.37. The number of fused-ring (bicyclic) bond motifs is 2. The van der Waals surface area contributed by atoms with Crippen LogP contribution in [0.5, 0.6) is 17.2 Å². The van der Waals surface area contributed by atoms with E-state index >= 15 is 0 Å². The number of methoxy groups -OCH3 is 1. The van der Waals surface area contributed by atoms with Crippen molar-refractivity contribution >= 4 is 34.4 Å². The Hall–Kier alpha value is -3.52. The number of benzene rings is 2. The Morgan fingerprint density at radius 2 is 1.97 bits per heavy atom. The highest BCUT2D eigenvalue weighted by Gasteiger charge is 2.49. The van der Waals surface area contributed by atoms with Crippen molar-refractivity contribution in [1.82, 2.24) is 15.2 Å². The Kier molecular flexibility index (Phi) is 4.40. The molecule has 1 saturated heterocycles. The first kappa shape index (κ1) is 19.4. The molecule has 9 heteroatoms. The molecule has 1 unspecified atom stereocenters. The summed E-state index contributed by atoms with van der Waals surface area (Å²) in [6.45, 7) is 1.79. The molecule has 0 radical (unpaired) electrons. The summed E-state index contributed by atoms with van der Waals surface area (Å²) in [6, 6.07) is 11.9. The lowest BCUT2D eigenvalue weighted by atomic mass is 9.91. The van der Waals surface area contributed by atoms with E-state index in [1.54, 1.807) is 38.3 Å². The van der Waals surface area contributed by atoms with Crippen LogP contribution in [0.15, 0.2) is 42.5 Å². The van der Waals surface area contributed by atoms with E-state index in [0.29, 0.717) is 33.9 Å². The van der Waals surface area contributed by atoms with Crippen LogP contribution in [-0.2, 0) is 16.9 Å². The van der Waals surface area contributed by atoms with Gasteiger partial charge in [0.25, 0.3) is 5.91 Å². The number of carbonyl (C=O) groups is 2. The van der Waals surface area contributed by atoms with Crippen molar-refractivity contribution in [3.63, 3.8) is 0 Å². The zero-order valence-corrected chi connectivity index (χ0v) is 17.5. The van der Waals surface area contributed by atoms with Crippen LogP contribution >= 0.6 is 11.6 Å². The van der Waals surface area contributed by atoms with E-state index in [1.807, 2.05) is 18.2 Å². The lowest BCUT2D eigenvalue weighted by molar-refractivity contribution is -0.131. The van der Waals surface area contributed by atoms with Crippen molar-refractivity contribution < 1.29 is 23.8 Å². The first-order valence-corrected chi connectivity index (χ1v) is 9.94. The molecule has 3 aromatic rings. The summed E-state index contributed by atoms with van der Waals surface area (Å²) in [5.74, 6) is 1.42. The van der Waals surface area contributed by atoms with Crippen LogP contribution in [0.3, 0.4) is 0 Å². The molecule has 1 fully saturated rings. The lowest BCUT2D eigenvalue weighted by Crippen LogP contribution is -2.40. The molecule has 2 aliphatic heterocycles. The summed E-state index contributed by atoms with van der Waals surface area (Å²) in [5, 5.41) is 3.84. The third-order valence-electron chi connectivity index (χ3n) is 5.60. The van der Waals surface area contributed by atoms with E-state index in [0.717, 1.165) is 10.3 Å². The fourth-order valence-corrected chi connectivity index (χ4v) is 4.02. The molecule has 1 aromatic heterocycles. The van der Waals surface area contributed by atoms with Crippen molar-refractivity contribution in [2.45, 2.75) is 19.0 Å². The highest BCUT2D eigenvalue weighted by molar-refractivity contribution is 6.30. The van der Waals surface area contributed by atoms with Crippen molar-refractivity contribution in [1.29, 1.82) is 0 Å². The Bertz CT molecular complexity index is 1250. The van der Waals surface area contributed by atoms with Gasteiger partial charge in [-0.2, -0.15) is 0 Å². The summed E-state index contributed by atoms with van der Waals surface area (Å²) in [4.78, 5) is 31.6. The van der Waals surface area contributed by atoms with E-state index in [4.69, 9.17) is 25.8 Å². The fraction of sp³-hybridized carbons (Fsp3) is 0.227. The van der Waals surface area contributed by atoms with Crippen molar-refractivity contribution in [2.75, 3.05) is 13.9 Å². The summed E-state index contributed by atoms with van der Waals surface area (Å²) in [7, 11) is 1.58. The third-order valence-corrected chi connectivity index (χ3v) is 5.93. The maximum absolute atomic E-state index is 13.3. The predicted octanol–water partition coefficient (Wildman–Crippen LogP) is 3.59. The third kappa shape index (κ3) is 3.11. The fourth-order valence-electron chi connectivity index (χ4n) is 3.82. The molecule has 2 aromatic carbocycles. The molecule has 31 heavy (non-hydrogen) atoms. The summed E-state index contributed by atoms with van der Waals surface area (Å²) in [6.07, 6.45) is 0. The smallest absolute Gasteiger partial charge is 0.325 e. The molecule has 158 valence electrons. The monoisotopic (exact) mass is 439 g/mol. The van der Waals surface area contributed by atoms with Crippen LogP contribution in [0.4, 0.5) is 4.79 Å². The Labute approximate surface area is 182 Å². The maximum Gasteiger partial charge on any atom is 0.325 e. The van der Waals surface area contributed by atoms with Gasteiger partial charge >= 0.3 is 6.03 Å². The van der Waals surface area contributed by atoms with Gasteiger partial charge in [0.05, 0.1) is 19.2 Å². The van der Waals surface area contributed by atoms with Crippen molar-refractivity contribution in [2.24, 2.45) is 0 Å². The highest BCUT2D eigenvalue weighted by atomic mass is 35.5. The number of halogens is 1. The van der Waals surface area contributed by atoms with Gasteiger partial charge in [0.2, 0.25) is 6.79 Å². The molecule has 3 heterocycles. The minimum atomic E-state index is -1.23. The predicted molar refractivity (Wildman–Crippen MR) is 112 cm³/mol. The van der Waals surface area contributed by atoms with Gasteiger partial charge in [0.15, 0.2) is 11.5 Å². The van der Waals surface area contributed by atoms with Crippen LogP contribution in [-0.4, -0.2) is 35.7 Å². The number of aromatic nitrogens is 1. The quantitative estimate of drug-likeness (QED) is 0.493. The van der Waals surface area contributed by atoms with Gasteiger partial charge in [-0.15, -0.1) is 0 Å². The van der Waals surface area contributed by atoms with E-state index in [2.05, 4.69) is 10.3 Å². The van der Waals surface area contributed by atoms with E-state index < -0.39 is 11.6 Å². The second-order valence-electron chi connectivity index (χ2n) is 7.51. The molecule has 5 rings (SSSR count). The number of nitrogens with one attached hydrogen (secondary N) is 1. The molecule has 1 atom stereocenters. The minimum Gasteiger partial charge on any atom is -0.497 e. The van der Waals surface area contributed by atoms with Gasteiger partial charge in [-0.3, -0.25) is 9.69 Å². The molecule has 0 saturated carbocycles. The van der Waals surface area contributed by atoms with Gasteiger partial charge in [-0.1, -0.05) is 17.7 Å². The number of imide groups is 1. The number of amides is 3. The van der Waals surface area contributed by atoms with E-state index in [9.17, 15) is 9.59 Å². The Balaban J connectivity index is 1.45. The number of hydrogen-bond donors (Lipinski definition) is 1. The lowest BCUT2D eigenvalue weighted by Gasteiger charge is -2.22. The number of ether oxygens (including phenoxy) is 3. The van der Waals surface area contributed by atoms with Gasteiger partial charge in [0.1, 0.15) is 16.4 Å². The Morgan fingerprint density at radius 3 is 2.77 bits per heavy atom. The number of carbonyl (C=O) groups excluding carboxylic acids is 2. The maximum atomic E-state index is 13.3. The molecule has 0 aliphatic carbocycles. The van der Waals surface area contributed by atoms with Crippen LogP contribution in [0.25, 0.3) is 10.9 Å². The topological polar surface area (TPSA) is 90.0 Å². The number of nitrogens with zero attached hydrogens (tertiary/aromatic N) is 2. The van der Waals surface area contributed by atoms with Crippen molar-refractivity contribution in [3.8, 4) is 17.2 Å². The molecule has 3 amide bonds. The normalized spacial score (nSPS) is 19.8. The van der Waals surface area contributed by atoms with E-state index in [-0.39, 0.29) is 24.4 Å². The van der Waals surface area contributed by atoms with E-state index in [1.165, 1.54) is 0 Å². The standard InChI is InChI=1S/C22H18ClN3O5/c1-22(14-4-6-17-18(8-14)31-11-30-17)20(27)26(21(28)25-22)10-13-7-12-3-5-15(29-2)9-16(12)24-19(13)23/h3-9H,10-11H2,1-2H3,(H,25,28). The summed E-state index contributed by atoms with van der Waals surface area (Å²) < 4.78 is 15.9. The molecular formula is C22H18ClN3O5. The number of rotatable bonds is 4. The second kappa shape index (κ2) is 7.02. The zero-order valence-electron chi connectivity index (χ0n) is 16.8. The van der Waals surface area contributed by atoms with Crippen LogP contribution in [0, 0.1) is 0 Å². The van der Waals surface area contributed by atoms with Gasteiger partial charge in [-0.05, 0) is 42.8 Å². The van der Waals surface area contributed by atoms with Gasteiger partial charge in [0, 0.05) is 17.0 Å². The molecule has 8 nitrogen and oxygen atoms in total. The van der Waals surface area contributed by atoms with Crippen molar-refractivity contribution in [3.05, 3.63) is 58.7 Å². The molecule has 1 N–H and O–H groups in total. The van der Waals surface area contributed by atoms with Gasteiger partial charge < -0.3 is 19.5 Å². The number of urea groups is 1. The summed E-state index contributed by atoms with van der Waals surface area (Å²) in [5.41, 5.74) is 0.600. The second-order valence-corrected chi connectivity index (χ2v) is 7.87. The average Bonchev–Trinajstić information content (AvgIpc) is 3.32. The molecular weight excluding hydrogens is 422 g/mol. The first-order chi connectivity index (χ1) is 14.9. The highest BCUT2D eigenvalue weighted by Crippen LogP contribution is 2.38. The van der Waals surface area contributed by atoms with Crippen LogP contribution < -0.4 is 19.5 Å². The average molecular weight is 440 g/mol. The molecule has 0 bridgehead atoms. The van der Waals surface area contributed by atoms with Crippen LogP contribution in [0.1, 0.15) is 18.1 Å². The minimum absolute atomic E-state index is 0.00138.